The van der Waals surface area contributed by atoms with Gasteiger partial charge in [0.05, 0.1) is 13.5 Å². The number of hydrogen-bond donors (Lipinski definition) is 1. The minimum atomic E-state index is -0.361. The molecular formula is C12H15ClN2O3. The molecule has 0 unspecified atom stereocenters. The van der Waals surface area contributed by atoms with E-state index in [1.807, 2.05) is 0 Å². The molecule has 0 saturated heterocycles. The van der Waals surface area contributed by atoms with Crippen molar-refractivity contribution in [2.24, 2.45) is 0 Å². The second kappa shape index (κ2) is 6.26. The molecule has 1 aromatic carbocycles. The Kier molecular flexibility index (Phi) is 4.97. The van der Waals surface area contributed by atoms with Gasteiger partial charge in [-0.05, 0) is 18.2 Å². The van der Waals surface area contributed by atoms with E-state index in [4.69, 9.17) is 17.3 Å². The summed E-state index contributed by atoms with van der Waals surface area (Å²) >= 11 is 5.82. The van der Waals surface area contributed by atoms with Crippen LogP contribution >= 0.6 is 11.6 Å². The minimum absolute atomic E-state index is 0.148. The van der Waals surface area contributed by atoms with Crippen LogP contribution in [0.2, 0.25) is 5.02 Å². The fourth-order valence-electron chi connectivity index (χ4n) is 1.42. The van der Waals surface area contributed by atoms with Gasteiger partial charge in [0.2, 0.25) is 0 Å². The summed E-state index contributed by atoms with van der Waals surface area (Å²) in [6, 6.07) is 4.64. The highest BCUT2D eigenvalue weighted by Gasteiger charge is 2.14. The van der Waals surface area contributed by atoms with E-state index in [-0.39, 0.29) is 24.8 Å². The number of rotatable bonds is 4. The van der Waals surface area contributed by atoms with Crippen molar-refractivity contribution in [1.29, 1.82) is 0 Å². The molecule has 6 heteroatoms. The Bertz CT molecular complexity index is 442. The van der Waals surface area contributed by atoms with E-state index in [2.05, 4.69) is 4.74 Å². The monoisotopic (exact) mass is 270 g/mol. The average Bonchev–Trinajstić information content (AvgIpc) is 2.33. The SMILES string of the molecule is COC(=O)CCN(C)C(=O)c1cc(N)cc(Cl)c1. The van der Waals surface area contributed by atoms with Crippen molar-refractivity contribution in [2.75, 3.05) is 26.4 Å². The zero-order valence-corrected chi connectivity index (χ0v) is 11.0. The number of ether oxygens (including phenoxy) is 1. The van der Waals surface area contributed by atoms with Crippen LogP contribution in [0.25, 0.3) is 0 Å². The van der Waals surface area contributed by atoms with Crippen LogP contribution in [-0.4, -0.2) is 37.5 Å². The number of nitrogens with two attached hydrogens (primary N) is 1. The summed E-state index contributed by atoms with van der Waals surface area (Å²) in [5.41, 5.74) is 6.43. The van der Waals surface area contributed by atoms with Crippen LogP contribution in [0.3, 0.4) is 0 Å². The number of nitrogens with zero attached hydrogens (tertiary/aromatic N) is 1. The Hall–Kier alpha value is -1.75. The van der Waals surface area contributed by atoms with Gasteiger partial charge in [0.1, 0.15) is 0 Å². The number of carbonyl (C=O) groups excluding carboxylic acids is 2. The molecule has 0 bridgehead atoms. The normalized spacial score (nSPS) is 9.94. The molecule has 0 fully saturated rings. The molecule has 0 aliphatic carbocycles. The molecule has 18 heavy (non-hydrogen) atoms. The van der Waals surface area contributed by atoms with E-state index in [0.29, 0.717) is 16.3 Å². The largest absolute Gasteiger partial charge is 0.469 e. The Balaban J connectivity index is 2.71. The smallest absolute Gasteiger partial charge is 0.307 e. The lowest BCUT2D eigenvalue weighted by molar-refractivity contribution is -0.140. The predicted octanol–water partition coefficient (Wildman–Crippen LogP) is 1.56. The minimum Gasteiger partial charge on any atom is -0.469 e. The van der Waals surface area contributed by atoms with Crippen molar-refractivity contribution < 1.29 is 14.3 Å². The fraction of sp³-hybridized carbons (Fsp3) is 0.333. The lowest BCUT2D eigenvalue weighted by Crippen LogP contribution is -2.29. The highest BCUT2D eigenvalue weighted by atomic mass is 35.5. The number of benzene rings is 1. The zero-order valence-electron chi connectivity index (χ0n) is 10.3. The summed E-state index contributed by atoms with van der Waals surface area (Å²) in [5.74, 6) is -0.603. The number of halogens is 1. The molecule has 0 heterocycles. The number of methoxy groups -OCH3 is 1. The van der Waals surface area contributed by atoms with Gasteiger partial charge < -0.3 is 15.4 Å². The third-order valence-corrected chi connectivity index (χ3v) is 2.61. The van der Waals surface area contributed by atoms with Crippen molar-refractivity contribution in [1.82, 2.24) is 4.90 Å². The first-order valence-electron chi connectivity index (χ1n) is 5.32. The predicted molar refractivity (Wildman–Crippen MR) is 69.5 cm³/mol. The first kappa shape index (κ1) is 14.3. The van der Waals surface area contributed by atoms with Crippen LogP contribution in [0.15, 0.2) is 18.2 Å². The molecule has 0 saturated carbocycles. The van der Waals surface area contributed by atoms with Gasteiger partial charge in [-0.1, -0.05) is 11.6 Å². The maximum Gasteiger partial charge on any atom is 0.307 e. The van der Waals surface area contributed by atoms with Crippen LogP contribution in [0.4, 0.5) is 5.69 Å². The molecule has 0 aliphatic heterocycles. The van der Waals surface area contributed by atoms with E-state index in [0.717, 1.165) is 0 Å². The Morgan fingerprint density at radius 3 is 2.61 bits per heavy atom. The third kappa shape index (κ3) is 3.92. The maximum absolute atomic E-state index is 12.0. The molecule has 0 radical (unpaired) electrons. The van der Waals surface area contributed by atoms with Crippen LogP contribution in [0.5, 0.6) is 0 Å². The second-order valence-corrected chi connectivity index (χ2v) is 4.26. The highest BCUT2D eigenvalue weighted by Crippen LogP contribution is 2.17. The number of carbonyl (C=O) groups is 2. The second-order valence-electron chi connectivity index (χ2n) is 3.83. The summed E-state index contributed by atoms with van der Waals surface area (Å²) < 4.78 is 4.51. The molecule has 1 aromatic rings. The number of nitrogen functional groups attached to an aromatic ring is 1. The molecule has 1 rings (SSSR count). The van der Waals surface area contributed by atoms with Crippen molar-refractivity contribution in [3.05, 3.63) is 28.8 Å². The van der Waals surface area contributed by atoms with Crippen molar-refractivity contribution >= 4 is 29.2 Å². The quantitative estimate of drug-likeness (QED) is 0.666. The first-order chi connectivity index (χ1) is 8.43. The summed E-state index contributed by atoms with van der Waals surface area (Å²) in [5, 5.41) is 0.403. The number of anilines is 1. The molecule has 0 aliphatic rings. The van der Waals surface area contributed by atoms with Gasteiger partial charge in [-0.15, -0.1) is 0 Å². The average molecular weight is 271 g/mol. The number of esters is 1. The molecule has 1 amide bonds. The van der Waals surface area contributed by atoms with E-state index < -0.39 is 0 Å². The number of hydrogen-bond acceptors (Lipinski definition) is 4. The Morgan fingerprint density at radius 2 is 2.06 bits per heavy atom. The highest BCUT2D eigenvalue weighted by molar-refractivity contribution is 6.31. The lowest BCUT2D eigenvalue weighted by atomic mass is 10.2. The summed E-state index contributed by atoms with van der Waals surface area (Å²) in [4.78, 5) is 24.4. The summed E-state index contributed by atoms with van der Waals surface area (Å²) in [6.07, 6.45) is 0.148. The van der Waals surface area contributed by atoms with E-state index in [1.54, 1.807) is 19.2 Å². The van der Waals surface area contributed by atoms with Gasteiger partial charge in [0.25, 0.3) is 5.91 Å². The molecule has 98 valence electrons. The topological polar surface area (TPSA) is 72.6 Å². The Labute approximate surface area is 110 Å². The van der Waals surface area contributed by atoms with Gasteiger partial charge >= 0.3 is 5.97 Å². The van der Waals surface area contributed by atoms with Gasteiger partial charge in [-0.2, -0.15) is 0 Å². The van der Waals surface area contributed by atoms with Gasteiger partial charge in [0.15, 0.2) is 0 Å². The van der Waals surface area contributed by atoms with Crippen LogP contribution < -0.4 is 5.73 Å². The zero-order chi connectivity index (χ0) is 13.7. The molecule has 0 spiro atoms. The van der Waals surface area contributed by atoms with E-state index in [9.17, 15) is 9.59 Å². The van der Waals surface area contributed by atoms with Crippen LogP contribution in [0, 0.1) is 0 Å². The van der Waals surface area contributed by atoms with E-state index >= 15 is 0 Å². The van der Waals surface area contributed by atoms with E-state index in [1.165, 1.54) is 18.1 Å². The Morgan fingerprint density at radius 1 is 1.39 bits per heavy atom. The lowest BCUT2D eigenvalue weighted by Gasteiger charge is -2.16. The van der Waals surface area contributed by atoms with Crippen LogP contribution in [-0.2, 0) is 9.53 Å². The van der Waals surface area contributed by atoms with Crippen molar-refractivity contribution in [2.45, 2.75) is 6.42 Å². The van der Waals surface area contributed by atoms with Crippen molar-refractivity contribution in [3.63, 3.8) is 0 Å². The standard InChI is InChI=1S/C12H15ClN2O3/c1-15(4-3-11(16)18-2)12(17)8-5-9(13)7-10(14)6-8/h5-7H,3-4,14H2,1-2H3. The molecule has 0 atom stereocenters. The molecule has 0 aromatic heterocycles. The molecular weight excluding hydrogens is 256 g/mol. The number of amides is 1. The summed E-state index contributed by atoms with van der Waals surface area (Å²) in [6.45, 7) is 0.276. The molecule has 5 nitrogen and oxygen atoms in total. The molecule has 2 N–H and O–H groups in total. The third-order valence-electron chi connectivity index (χ3n) is 2.39. The van der Waals surface area contributed by atoms with Gasteiger partial charge in [0, 0.05) is 29.9 Å². The fourth-order valence-corrected chi connectivity index (χ4v) is 1.66. The maximum atomic E-state index is 12.0. The van der Waals surface area contributed by atoms with Gasteiger partial charge in [-0.25, -0.2) is 0 Å². The van der Waals surface area contributed by atoms with Crippen LogP contribution in [0.1, 0.15) is 16.8 Å². The summed E-state index contributed by atoms with van der Waals surface area (Å²) in [7, 11) is 2.91. The van der Waals surface area contributed by atoms with Gasteiger partial charge in [-0.3, -0.25) is 9.59 Å². The van der Waals surface area contributed by atoms with Crippen molar-refractivity contribution in [3.8, 4) is 0 Å². The first-order valence-corrected chi connectivity index (χ1v) is 5.70.